The highest BCUT2D eigenvalue weighted by atomic mass is 16.5. The summed E-state index contributed by atoms with van der Waals surface area (Å²) < 4.78 is 5.81. The van der Waals surface area contributed by atoms with E-state index in [4.69, 9.17) is 9.84 Å². The molecule has 136 valence electrons. The second-order valence-corrected chi connectivity index (χ2v) is 7.52. The fourth-order valence-electron chi connectivity index (χ4n) is 4.35. The summed E-state index contributed by atoms with van der Waals surface area (Å²) in [5, 5.41) is 12.3. The lowest BCUT2D eigenvalue weighted by Gasteiger charge is -2.34. The molecule has 1 aromatic rings. The van der Waals surface area contributed by atoms with Gasteiger partial charge in [0.15, 0.2) is 0 Å². The third-order valence-electron chi connectivity index (χ3n) is 5.71. The molecule has 3 atom stereocenters. The molecule has 0 aromatic carbocycles. The normalized spacial score (nSPS) is 29.1. The zero-order valence-corrected chi connectivity index (χ0v) is 14.6. The maximum atomic E-state index is 12.6. The number of carbonyl (C=O) groups is 1. The molecule has 3 heterocycles. The second kappa shape index (κ2) is 7.40. The standard InChI is InChI=1S/C19H27N3O3/c23-6-5-17-11-22-10-15(8-16(22)12-25-17)21-19(24)14-7-13-3-1-2-4-18(13)20-9-14/h7,9,15-17,23H,1-6,8,10-12H2,(H,21,24)/t15-,16-,17-/m0/s1. The number of amides is 1. The Morgan fingerprint density at radius 2 is 2.24 bits per heavy atom. The molecule has 4 rings (SSSR count). The Morgan fingerprint density at radius 3 is 3.12 bits per heavy atom. The summed E-state index contributed by atoms with van der Waals surface area (Å²) in [6, 6.07) is 2.56. The van der Waals surface area contributed by atoms with E-state index in [0.717, 1.165) is 38.0 Å². The average molecular weight is 345 g/mol. The van der Waals surface area contributed by atoms with Crippen LogP contribution in [-0.2, 0) is 17.6 Å². The number of carbonyl (C=O) groups excluding carboxylic acids is 1. The maximum absolute atomic E-state index is 12.6. The second-order valence-electron chi connectivity index (χ2n) is 7.52. The molecule has 2 N–H and O–H groups in total. The van der Waals surface area contributed by atoms with Gasteiger partial charge in [0.25, 0.3) is 5.91 Å². The van der Waals surface area contributed by atoms with Crippen molar-refractivity contribution in [2.45, 2.75) is 56.7 Å². The van der Waals surface area contributed by atoms with Gasteiger partial charge in [-0.3, -0.25) is 14.7 Å². The number of nitrogens with one attached hydrogen (secondary N) is 1. The molecule has 1 amide bonds. The minimum absolute atomic E-state index is 0.0152. The Kier molecular flexibility index (Phi) is 5.01. The van der Waals surface area contributed by atoms with Crippen LogP contribution >= 0.6 is 0 Å². The Hall–Kier alpha value is -1.50. The van der Waals surface area contributed by atoms with Crippen LogP contribution in [0.3, 0.4) is 0 Å². The van der Waals surface area contributed by atoms with Crippen molar-refractivity contribution in [3.63, 3.8) is 0 Å². The summed E-state index contributed by atoms with van der Waals surface area (Å²) in [4.78, 5) is 19.5. The number of aliphatic hydroxyl groups excluding tert-OH is 1. The van der Waals surface area contributed by atoms with Crippen molar-refractivity contribution in [2.24, 2.45) is 0 Å². The summed E-state index contributed by atoms with van der Waals surface area (Å²) in [5.41, 5.74) is 3.08. The van der Waals surface area contributed by atoms with Crippen LogP contribution in [0.5, 0.6) is 0 Å². The highest BCUT2D eigenvalue weighted by molar-refractivity contribution is 5.94. The molecule has 2 aliphatic heterocycles. The SMILES string of the molecule is O=C(N[C@H]1C[C@H]2CO[C@@H](CCO)CN2C1)c1cnc2c(c1)CCCC2. The van der Waals surface area contributed by atoms with Gasteiger partial charge in [-0.05, 0) is 50.2 Å². The quantitative estimate of drug-likeness (QED) is 0.849. The van der Waals surface area contributed by atoms with Gasteiger partial charge in [0.05, 0.1) is 18.3 Å². The lowest BCUT2D eigenvalue weighted by Crippen LogP contribution is -2.46. The van der Waals surface area contributed by atoms with Crippen LogP contribution in [0.2, 0.25) is 0 Å². The van der Waals surface area contributed by atoms with E-state index in [1.807, 2.05) is 6.07 Å². The number of morpholine rings is 1. The van der Waals surface area contributed by atoms with Crippen LogP contribution in [0.4, 0.5) is 0 Å². The monoisotopic (exact) mass is 345 g/mol. The van der Waals surface area contributed by atoms with Crippen LogP contribution in [0, 0.1) is 0 Å². The van der Waals surface area contributed by atoms with E-state index in [0.29, 0.717) is 24.6 Å². The zero-order valence-electron chi connectivity index (χ0n) is 14.6. The van der Waals surface area contributed by atoms with E-state index in [2.05, 4.69) is 15.2 Å². The van der Waals surface area contributed by atoms with E-state index < -0.39 is 0 Å². The van der Waals surface area contributed by atoms with Crippen molar-refractivity contribution < 1.29 is 14.6 Å². The number of ether oxygens (including phenoxy) is 1. The first-order chi connectivity index (χ1) is 12.2. The van der Waals surface area contributed by atoms with Crippen molar-refractivity contribution in [2.75, 3.05) is 26.3 Å². The lowest BCUT2D eigenvalue weighted by atomic mass is 9.95. The van der Waals surface area contributed by atoms with E-state index in [1.165, 1.54) is 18.4 Å². The van der Waals surface area contributed by atoms with Gasteiger partial charge < -0.3 is 15.2 Å². The number of nitrogens with zero attached hydrogens (tertiary/aromatic N) is 2. The Labute approximate surface area is 148 Å². The highest BCUT2D eigenvalue weighted by Crippen LogP contribution is 2.25. The summed E-state index contributed by atoms with van der Waals surface area (Å²) in [7, 11) is 0. The average Bonchev–Trinajstić information content (AvgIpc) is 3.03. The number of aliphatic hydroxyl groups is 1. The van der Waals surface area contributed by atoms with Gasteiger partial charge in [0.2, 0.25) is 0 Å². The minimum Gasteiger partial charge on any atom is -0.396 e. The molecule has 25 heavy (non-hydrogen) atoms. The van der Waals surface area contributed by atoms with Gasteiger partial charge in [0, 0.05) is 43.7 Å². The Bertz CT molecular complexity index is 636. The molecule has 1 aliphatic carbocycles. The molecule has 1 aromatic heterocycles. The molecule has 0 spiro atoms. The first-order valence-electron chi connectivity index (χ1n) is 9.48. The van der Waals surface area contributed by atoms with Gasteiger partial charge in [-0.15, -0.1) is 0 Å². The Balaban J connectivity index is 1.36. The Morgan fingerprint density at radius 1 is 1.36 bits per heavy atom. The van der Waals surface area contributed by atoms with Gasteiger partial charge in [-0.1, -0.05) is 0 Å². The number of aryl methyl sites for hydroxylation is 2. The fourth-order valence-corrected chi connectivity index (χ4v) is 4.35. The van der Waals surface area contributed by atoms with E-state index in [9.17, 15) is 4.79 Å². The van der Waals surface area contributed by atoms with Crippen LogP contribution in [-0.4, -0.2) is 65.4 Å². The molecule has 6 nitrogen and oxygen atoms in total. The smallest absolute Gasteiger partial charge is 0.253 e. The van der Waals surface area contributed by atoms with Crippen molar-refractivity contribution in [3.05, 3.63) is 29.1 Å². The van der Waals surface area contributed by atoms with E-state index in [1.54, 1.807) is 6.20 Å². The van der Waals surface area contributed by atoms with E-state index in [-0.39, 0.29) is 24.7 Å². The van der Waals surface area contributed by atoms with Crippen molar-refractivity contribution in [1.29, 1.82) is 0 Å². The molecule has 0 bridgehead atoms. The molecular weight excluding hydrogens is 318 g/mol. The lowest BCUT2D eigenvalue weighted by molar-refractivity contribution is -0.0566. The topological polar surface area (TPSA) is 74.7 Å². The summed E-state index contributed by atoms with van der Waals surface area (Å²) in [6.07, 6.45) is 7.90. The maximum Gasteiger partial charge on any atom is 0.253 e. The van der Waals surface area contributed by atoms with Crippen LogP contribution in [0.1, 0.15) is 47.3 Å². The molecule has 6 heteroatoms. The van der Waals surface area contributed by atoms with Gasteiger partial charge >= 0.3 is 0 Å². The number of aromatic nitrogens is 1. The van der Waals surface area contributed by atoms with E-state index >= 15 is 0 Å². The number of hydrogen-bond donors (Lipinski definition) is 2. The highest BCUT2D eigenvalue weighted by Gasteiger charge is 2.37. The first-order valence-corrected chi connectivity index (χ1v) is 9.48. The number of fused-ring (bicyclic) bond motifs is 2. The van der Waals surface area contributed by atoms with Crippen molar-refractivity contribution in [1.82, 2.24) is 15.2 Å². The van der Waals surface area contributed by atoms with Crippen LogP contribution in [0.15, 0.2) is 12.3 Å². The molecule has 2 saturated heterocycles. The molecule has 0 saturated carbocycles. The van der Waals surface area contributed by atoms with Crippen molar-refractivity contribution in [3.8, 4) is 0 Å². The third kappa shape index (κ3) is 3.71. The van der Waals surface area contributed by atoms with Crippen LogP contribution in [0.25, 0.3) is 0 Å². The molecule has 0 radical (unpaired) electrons. The zero-order chi connectivity index (χ0) is 17.2. The van der Waals surface area contributed by atoms with Gasteiger partial charge in [0.1, 0.15) is 0 Å². The van der Waals surface area contributed by atoms with Crippen LogP contribution < -0.4 is 5.32 Å². The minimum atomic E-state index is -0.0152. The molecule has 3 aliphatic rings. The van der Waals surface area contributed by atoms with Crippen molar-refractivity contribution >= 4 is 5.91 Å². The van der Waals surface area contributed by atoms with Gasteiger partial charge in [-0.2, -0.15) is 0 Å². The summed E-state index contributed by atoms with van der Waals surface area (Å²) in [5.74, 6) is -0.0152. The largest absolute Gasteiger partial charge is 0.396 e. The first kappa shape index (κ1) is 16.9. The molecular formula is C19H27N3O3. The third-order valence-corrected chi connectivity index (χ3v) is 5.71. The van der Waals surface area contributed by atoms with Gasteiger partial charge in [-0.25, -0.2) is 0 Å². The summed E-state index contributed by atoms with van der Waals surface area (Å²) >= 11 is 0. The fraction of sp³-hybridized carbons (Fsp3) is 0.684. The number of hydrogen-bond acceptors (Lipinski definition) is 5. The predicted molar refractivity (Wildman–Crippen MR) is 93.6 cm³/mol. The number of rotatable bonds is 4. The summed E-state index contributed by atoms with van der Waals surface area (Å²) in [6.45, 7) is 2.56. The number of pyridine rings is 1. The predicted octanol–water partition coefficient (Wildman–Crippen LogP) is 0.914. The molecule has 0 unspecified atom stereocenters. The molecule has 2 fully saturated rings.